The third kappa shape index (κ3) is 3.82. The second-order valence-electron chi connectivity index (χ2n) is 4.42. The fraction of sp³-hybridized carbons (Fsp3) is 0.250. The Bertz CT molecular complexity index is 515. The van der Waals surface area contributed by atoms with E-state index in [0.717, 1.165) is 5.56 Å². The van der Waals surface area contributed by atoms with E-state index in [1.165, 1.54) is 6.07 Å². The SMILES string of the molecule is CC(SCC(O)c1ccccc1)c1ccccc1F. The average molecular weight is 276 g/mol. The molecule has 0 amide bonds. The van der Waals surface area contributed by atoms with Crippen molar-refractivity contribution in [2.24, 2.45) is 0 Å². The van der Waals surface area contributed by atoms with Crippen LogP contribution in [0.15, 0.2) is 54.6 Å². The van der Waals surface area contributed by atoms with E-state index in [-0.39, 0.29) is 11.1 Å². The van der Waals surface area contributed by atoms with E-state index in [1.54, 1.807) is 23.9 Å². The second kappa shape index (κ2) is 6.73. The van der Waals surface area contributed by atoms with Gasteiger partial charge in [-0.3, -0.25) is 0 Å². The van der Waals surface area contributed by atoms with Crippen LogP contribution >= 0.6 is 11.8 Å². The summed E-state index contributed by atoms with van der Waals surface area (Å²) in [6.45, 7) is 1.96. The summed E-state index contributed by atoms with van der Waals surface area (Å²) < 4.78 is 13.6. The molecule has 19 heavy (non-hydrogen) atoms. The number of aliphatic hydroxyl groups excluding tert-OH is 1. The summed E-state index contributed by atoms with van der Waals surface area (Å²) >= 11 is 1.56. The number of benzene rings is 2. The van der Waals surface area contributed by atoms with Crippen molar-refractivity contribution in [1.29, 1.82) is 0 Å². The number of aliphatic hydroxyl groups is 1. The second-order valence-corrected chi connectivity index (χ2v) is 5.80. The van der Waals surface area contributed by atoms with Crippen LogP contribution in [-0.4, -0.2) is 10.9 Å². The highest BCUT2D eigenvalue weighted by molar-refractivity contribution is 7.99. The molecule has 0 bridgehead atoms. The van der Waals surface area contributed by atoms with Gasteiger partial charge < -0.3 is 5.11 Å². The highest BCUT2D eigenvalue weighted by Gasteiger charge is 2.14. The van der Waals surface area contributed by atoms with Crippen molar-refractivity contribution in [3.05, 3.63) is 71.5 Å². The predicted octanol–water partition coefficient (Wildman–Crippen LogP) is 4.35. The van der Waals surface area contributed by atoms with Crippen molar-refractivity contribution >= 4 is 11.8 Å². The molecule has 1 nitrogen and oxygen atoms in total. The topological polar surface area (TPSA) is 20.2 Å². The monoisotopic (exact) mass is 276 g/mol. The van der Waals surface area contributed by atoms with Crippen molar-refractivity contribution in [2.75, 3.05) is 5.75 Å². The van der Waals surface area contributed by atoms with E-state index < -0.39 is 6.10 Å². The summed E-state index contributed by atoms with van der Waals surface area (Å²) in [5, 5.41) is 10.1. The Labute approximate surface area is 117 Å². The van der Waals surface area contributed by atoms with Crippen LogP contribution < -0.4 is 0 Å². The van der Waals surface area contributed by atoms with E-state index >= 15 is 0 Å². The summed E-state index contributed by atoms with van der Waals surface area (Å²) in [4.78, 5) is 0. The molecule has 1 N–H and O–H groups in total. The van der Waals surface area contributed by atoms with Gasteiger partial charge in [-0.05, 0) is 18.6 Å². The molecule has 2 atom stereocenters. The number of hydrogen-bond donors (Lipinski definition) is 1. The molecule has 2 aromatic carbocycles. The number of hydrogen-bond acceptors (Lipinski definition) is 2. The molecule has 0 aliphatic carbocycles. The average Bonchev–Trinajstić information content (AvgIpc) is 2.46. The highest BCUT2D eigenvalue weighted by Crippen LogP contribution is 2.32. The summed E-state index contributed by atoms with van der Waals surface area (Å²) in [6, 6.07) is 16.3. The van der Waals surface area contributed by atoms with Crippen molar-refractivity contribution in [2.45, 2.75) is 18.3 Å². The molecule has 0 aromatic heterocycles. The lowest BCUT2D eigenvalue weighted by atomic mass is 10.1. The maximum atomic E-state index is 13.6. The zero-order valence-corrected chi connectivity index (χ0v) is 11.6. The van der Waals surface area contributed by atoms with Gasteiger partial charge in [-0.25, -0.2) is 4.39 Å². The van der Waals surface area contributed by atoms with E-state index in [2.05, 4.69) is 0 Å². The molecule has 0 heterocycles. The summed E-state index contributed by atoms with van der Waals surface area (Å²) in [5.41, 5.74) is 1.59. The number of halogens is 1. The standard InChI is InChI=1S/C16H17FOS/c1-12(14-9-5-6-10-15(14)17)19-11-16(18)13-7-3-2-4-8-13/h2-10,12,16,18H,11H2,1H3. The van der Waals surface area contributed by atoms with Crippen LogP contribution in [0, 0.1) is 5.82 Å². The first-order chi connectivity index (χ1) is 9.18. The van der Waals surface area contributed by atoms with Crippen molar-refractivity contribution < 1.29 is 9.50 Å². The quantitative estimate of drug-likeness (QED) is 0.876. The van der Waals surface area contributed by atoms with Gasteiger partial charge in [0.15, 0.2) is 0 Å². The zero-order chi connectivity index (χ0) is 13.7. The molecule has 0 spiro atoms. The molecule has 3 heteroatoms. The molecule has 0 aliphatic heterocycles. The lowest BCUT2D eigenvalue weighted by Gasteiger charge is -2.16. The predicted molar refractivity (Wildman–Crippen MR) is 78.7 cm³/mol. The molecule has 100 valence electrons. The van der Waals surface area contributed by atoms with Crippen LogP contribution in [-0.2, 0) is 0 Å². The largest absolute Gasteiger partial charge is 0.388 e. The van der Waals surface area contributed by atoms with Crippen LogP contribution in [0.25, 0.3) is 0 Å². The van der Waals surface area contributed by atoms with E-state index in [4.69, 9.17) is 0 Å². The molecule has 2 aromatic rings. The molecule has 0 fully saturated rings. The van der Waals surface area contributed by atoms with Gasteiger partial charge in [-0.1, -0.05) is 48.5 Å². The summed E-state index contributed by atoms with van der Waals surface area (Å²) in [7, 11) is 0. The van der Waals surface area contributed by atoms with Crippen molar-refractivity contribution in [3.63, 3.8) is 0 Å². The summed E-state index contributed by atoms with van der Waals surface area (Å²) in [6.07, 6.45) is -0.513. The molecule has 0 saturated carbocycles. The minimum Gasteiger partial charge on any atom is -0.388 e. The molecule has 0 saturated heterocycles. The van der Waals surface area contributed by atoms with Gasteiger partial charge in [-0.2, -0.15) is 11.8 Å². The van der Waals surface area contributed by atoms with E-state index in [0.29, 0.717) is 11.3 Å². The highest BCUT2D eigenvalue weighted by atomic mass is 32.2. The van der Waals surface area contributed by atoms with Crippen LogP contribution in [0.5, 0.6) is 0 Å². The third-order valence-electron chi connectivity index (χ3n) is 3.03. The zero-order valence-electron chi connectivity index (χ0n) is 10.8. The number of thioether (sulfide) groups is 1. The van der Waals surface area contributed by atoms with Crippen molar-refractivity contribution in [3.8, 4) is 0 Å². The van der Waals surface area contributed by atoms with Crippen LogP contribution in [0.3, 0.4) is 0 Å². The molecule has 2 unspecified atom stereocenters. The van der Waals surface area contributed by atoms with Crippen LogP contribution in [0.4, 0.5) is 4.39 Å². The van der Waals surface area contributed by atoms with Gasteiger partial charge in [0.1, 0.15) is 5.82 Å². The Morgan fingerprint density at radius 2 is 1.68 bits per heavy atom. The van der Waals surface area contributed by atoms with Crippen LogP contribution in [0.2, 0.25) is 0 Å². The maximum Gasteiger partial charge on any atom is 0.127 e. The first-order valence-corrected chi connectivity index (χ1v) is 7.32. The van der Waals surface area contributed by atoms with E-state index in [1.807, 2.05) is 43.3 Å². The van der Waals surface area contributed by atoms with Gasteiger partial charge in [0.25, 0.3) is 0 Å². The minimum absolute atomic E-state index is 0.0274. The molecule has 0 radical (unpaired) electrons. The Balaban J connectivity index is 1.94. The van der Waals surface area contributed by atoms with Gasteiger partial charge >= 0.3 is 0 Å². The molecule has 0 aliphatic rings. The summed E-state index contributed by atoms with van der Waals surface area (Å²) in [5.74, 6) is 0.371. The third-order valence-corrected chi connectivity index (χ3v) is 4.29. The fourth-order valence-electron chi connectivity index (χ4n) is 1.90. The van der Waals surface area contributed by atoms with E-state index in [9.17, 15) is 9.50 Å². The fourth-order valence-corrected chi connectivity index (χ4v) is 2.94. The molecular weight excluding hydrogens is 259 g/mol. The number of rotatable bonds is 5. The Morgan fingerprint density at radius 3 is 2.37 bits per heavy atom. The first-order valence-electron chi connectivity index (χ1n) is 6.27. The normalized spacial score (nSPS) is 14.1. The Morgan fingerprint density at radius 1 is 1.05 bits per heavy atom. The molecular formula is C16H17FOS. The minimum atomic E-state index is -0.513. The lowest BCUT2D eigenvalue weighted by molar-refractivity contribution is 0.204. The maximum absolute atomic E-state index is 13.6. The lowest BCUT2D eigenvalue weighted by Crippen LogP contribution is -2.02. The van der Waals surface area contributed by atoms with Crippen LogP contribution in [0.1, 0.15) is 29.4 Å². The van der Waals surface area contributed by atoms with Gasteiger partial charge in [0, 0.05) is 16.6 Å². The molecule has 2 rings (SSSR count). The first kappa shape index (κ1) is 14.1. The van der Waals surface area contributed by atoms with Crippen molar-refractivity contribution in [1.82, 2.24) is 0 Å². The Kier molecular flexibility index (Phi) is 5.00. The Hall–Kier alpha value is -1.32. The van der Waals surface area contributed by atoms with Gasteiger partial charge in [0.2, 0.25) is 0 Å². The van der Waals surface area contributed by atoms with Gasteiger partial charge in [-0.15, -0.1) is 0 Å². The smallest absolute Gasteiger partial charge is 0.127 e. The van der Waals surface area contributed by atoms with Gasteiger partial charge in [0.05, 0.1) is 6.10 Å².